The Labute approximate surface area is 120 Å². The molecule has 2 amide bonds. The lowest BCUT2D eigenvalue weighted by molar-refractivity contribution is 0.249. The summed E-state index contributed by atoms with van der Waals surface area (Å²) >= 11 is 0. The Bertz CT molecular complexity index is 482. The Kier molecular flexibility index (Phi) is 6.84. The van der Waals surface area contributed by atoms with Crippen LogP contribution in [-0.2, 0) is 7.05 Å². The van der Waals surface area contributed by atoms with E-state index in [0.29, 0.717) is 18.2 Å². The van der Waals surface area contributed by atoms with Crippen molar-refractivity contribution in [1.82, 2.24) is 9.88 Å². The molecule has 5 heteroatoms. The van der Waals surface area contributed by atoms with Crippen LogP contribution >= 0.6 is 0 Å². The lowest BCUT2D eigenvalue weighted by Crippen LogP contribution is -2.35. The maximum Gasteiger partial charge on any atom is 0.319 e. The van der Waals surface area contributed by atoms with Gasteiger partial charge in [0.15, 0.2) is 0 Å². The molecule has 0 aliphatic carbocycles. The number of carbonyl (C=O) groups is 1. The Balaban J connectivity index is 2.47. The number of pyridine rings is 1. The van der Waals surface area contributed by atoms with Crippen LogP contribution in [0.5, 0.6) is 0 Å². The van der Waals surface area contributed by atoms with Gasteiger partial charge in [0.05, 0.1) is 0 Å². The van der Waals surface area contributed by atoms with Crippen LogP contribution in [0.3, 0.4) is 0 Å². The fourth-order valence-corrected chi connectivity index (χ4v) is 2.04. The first-order valence-corrected chi connectivity index (χ1v) is 7.29. The molecule has 0 aromatic carbocycles. The number of aryl methyl sites for hydroxylation is 1. The van der Waals surface area contributed by atoms with E-state index in [1.165, 1.54) is 17.4 Å². The summed E-state index contributed by atoms with van der Waals surface area (Å²) in [5, 5.41) is 5.44. The van der Waals surface area contributed by atoms with Gasteiger partial charge in [-0.2, -0.15) is 0 Å². The summed E-state index contributed by atoms with van der Waals surface area (Å²) in [4.78, 5) is 23.6. The average Bonchev–Trinajstić information content (AvgIpc) is 2.44. The highest BCUT2D eigenvalue weighted by Gasteiger charge is 2.09. The second-order valence-corrected chi connectivity index (χ2v) is 5.09. The molecule has 112 valence electrons. The molecule has 0 saturated heterocycles. The van der Waals surface area contributed by atoms with Crippen molar-refractivity contribution >= 4 is 11.7 Å². The van der Waals surface area contributed by atoms with E-state index in [-0.39, 0.29) is 11.6 Å². The molecule has 1 atom stereocenters. The zero-order chi connectivity index (χ0) is 15.0. The summed E-state index contributed by atoms with van der Waals surface area (Å²) in [6, 6.07) is 3.02. The van der Waals surface area contributed by atoms with Crippen LogP contribution in [-0.4, -0.2) is 17.1 Å². The number of nitrogens with one attached hydrogen (secondary N) is 2. The molecule has 0 bridgehead atoms. The van der Waals surface area contributed by atoms with Crippen molar-refractivity contribution in [2.75, 3.05) is 11.9 Å². The quantitative estimate of drug-likeness (QED) is 0.806. The van der Waals surface area contributed by atoms with Crippen molar-refractivity contribution in [3.05, 3.63) is 28.7 Å². The van der Waals surface area contributed by atoms with E-state index in [1.807, 2.05) is 0 Å². The van der Waals surface area contributed by atoms with E-state index < -0.39 is 0 Å². The number of amides is 2. The molecule has 0 spiro atoms. The maximum absolute atomic E-state index is 11.8. The Morgan fingerprint density at radius 3 is 2.80 bits per heavy atom. The van der Waals surface area contributed by atoms with Crippen molar-refractivity contribution in [2.24, 2.45) is 13.0 Å². The molecule has 0 fully saturated rings. The average molecular weight is 279 g/mol. The number of rotatable bonds is 7. The number of urea groups is 1. The summed E-state index contributed by atoms with van der Waals surface area (Å²) in [5.74, 6) is 0.499. The first-order valence-electron chi connectivity index (χ1n) is 7.29. The van der Waals surface area contributed by atoms with Gasteiger partial charge in [-0.3, -0.25) is 4.79 Å². The summed E-state index contributed by atoms with van der Waals surface area (Å²) in [6.45, 7) is 4.94. The van der Waals surface area contributed by atoms with Gasteiger partial charge in [-0.1, -0.05) is 33.1 Å². The van der Waals surface area contributed by atoms with Crippen molar-refractivity contribution in [2.45, 2.75) is 39.5 Å². The van der Waals surface area contributed by atoms with Crippen LogP contribution < -0.4 is 16.2 Å². The largest absolute Gasteiger partial charge is 0.338 e. The lowest BCUT2D eigenvalue weighted by atomic mass is 9.99. The molecule has 0 aliphatic heterocycles. The summed E-state index contributed by atoms with van der Waals surface area (Å²) < 4.78 is 1.44. The summed E-state index contributed by atoms with van der Waals surface area (Å²) in [5.41, 5.74) is 0.0924. The minimum atomic E-state index is -0.316. The van der Waals surface area contributed by atoms with Crippen LogP contribution in [0.2, 0.25) is 0 Å². The molecule has 1 aromatic rings. The van der Waals surface area contributed by atoms with Gasteiger partial charge >= 0.3 is 6.03 Å². The first-order chi connectivity index (χ1) is 9.58. The zero-order valence-corrected chi connectivity index (χ0v) is 12.6. The number of unbranched alkanes of at least 4 members (excludes halogenated alkanes) is 1. The van der Waals surface area contributed by atoms with Crippen LogP contribution in [0, 0.1) is 5.92 Å². The number of hydrogen-bond acceptors (Lipinski definition) is 2. The highest BCUT2D eigenvalue weighted by atomic mass is 16.2. The number of anilines is 1. The normalized spacial score (nSPS) is 11.9. The predicted molar refractivity (Wildman–Crippen MR) is 82.0 cm³/mol. The molecule has 1 aromatic heterocycles. The molecule has 1 heterocycles. The SMILES string of the molecule is CCCCC(CC)CNC(=O)Nc1cccn(C)c1=O. The third-order valence-corrected chi connectivity index (χ3v) is 3.47. The topological polar surface area (TPSA) is 63.1 Å². The molecule has 2 N–H and O–H groups in total. The Hall–Kier alpha value is -1.78. The molecule has 0 aliphatic rings. The van der Waals surface area contributed by atoms with E-state index in [9.17, 15) is 9.59 Å². The van der Waals surface area contributed by atoms with Crippen molar-refractivity contribution in [1.29, 1.82) is 0 Å². The van der Waals surface area contributed by atoms with Crippen LogP contribution in [0.25, 0.3) is 0 Å². The third-order valence-electron chi connectivity index (χ3n) is 3.47. The van der Waals surface area contributed by atoms with Gasteiger partial charge in [0.2, 0.25) is 0 Å². The summed E-state index contributed by atoms with van der Waals surface area (Å²) in [7, 11) is 1.66. The lowest BCUT2D eigenvalue weighted by Gasteiger charge is -2.15. The van der Waals surface area contributed by atoms with Gasteiger partial charge in [0.1, 0.15) is 5.69 Å². The standard InChI is InChI=1S/C15H25N3O2/c1-4-6-8-12(5-2)11-16-15(20)17-13-9-7-10-18(3)14(13)19/h7,9-10,12H,4-6,8,11H2,1-3H3,(H2,16,17,20). The highest BCUT2D eigenvalue weighted by Crippen LogP contribution is 2.11. The number of aromatic nitrogens is 1. The number of nitrogens with zero attached hydrogens (tertiary/aromatic N) is 1. The predicted octanol–water partition coefficient (Wildman–Crippen LogP) is 2.72. The minimum Gasteiger partial charge on any atom is -0.338 e. The third kappa shape index (κ3) is 5.07. The molecule has 5 nitrogen and oxygen atoms in total. The minimum absolute atomic E-state index is 0.208. The molecular formula is C15H25N3O2. The molecular weight excluding hydrogens is 254 g/mol. The second-order valence-electron chi connectivity index (χ2n) is 5.09. The second kappa shape index (κ2) is 8.40. The van der Waals surface area contributed by atoms with E-state index >= 15 is 0 Å². The fraction of sp³-hybridized carbons (Fsp3) is 0.600. The number of hydrogen-bond donors (Lipinski definition) is 2. The molecule has 20 heavy (non-hydrogen) atoms. The molecule has 0 saturated carbocycles. The first kappa shape index (κ1) is 16.3. The number of carbonyl (C=O) groups excluding carboxylic acids is 1. The summed E-state index contributed by atoms with van der Waals surface area (Å²) in [6.07, 6.45) is 6.18. The Morgan fingerprint density at radius 2 is 2.15 bits per heavy atom. The van der Waals surface area contributed by atoms with Gasteiger partial charge in [0, 0.05) is 19.8 Å². The van der Waals surface area contributed by atoms with E-state index in [1.54, 1.807) is 25.4 Å². The monoisotopic (exact) mass is 279 g/mol. The van der Waals surface area contributed by atoms with Gasteiger partial charge in [-0.15, -0.1) is 0 Å². The van der Waals surface area contributed by atoms with E-state index in [4.69, 9.17) is 0 Å². The fourth-order valence-electron chi connectivity index (χ4n) is 2.04. The maximum atomic E-state index is 11.8. The highest BCUT2D eigenvalue weighted by molar-refractivity contribution is 5.88. The Morgan fingerprint density at radius 1 is 1.40 bits per heavy atom. The van der Waals surface area contributed by atoms with Crippen LogP contribution in [0.4, 0.5) is 10.5 Å². The zero-order valence-electron chi connectivity index (χ0n) is 12.6. The van der Waals surface area contributed by atoms with E-state index in [0.717, 1.165) is 12.8 Å². The van der Waals surface area contributed by atoms with Gasteiger partial charge in [0.25, 0.3) is 5.56 Å². The van der Waals surface area contributed by atoms with Gasteiger partial charge in [-0.05, 0) is 24.5 Å². The van der Waals surface area contributed by atoms with Gasteiger partial charge in [-0.25, -0.2) is 4.79 Å². The van der Waals surface area contributed by atoms with Crippen molar-refractivity contribution < 1.29 is 4.79 Å². The smallest absolute Gasteiger partial charge is 0.319 e. The molecule has 0 radical (unpaired) electrons. The van der Waals surface area contributed by atoms with Crippen molar-refractivity contribution in [3.8, 4) is 0 Å². The van der Waals surface area contributed by atoms with E-state index in [2.05, 4.69) is 24.5 Å². The van der Waals surface area contributed by atoms with Crippen LogP contribution in [0.1, 0.15) is 39.5 Å². The molecule has 1 rings (SSSR count). The van der Waals surface area contributed by atoms with Crippen LogP contribution in [0.15, 0.2) is 23.1 Å². The van der Waals surface area contributed by atoms with Gasteiger partial charge < -0.3 is 15.2 Å². The molecule has 1 unspecified atom stereocenters. The van der Waals surface area contributed by atoms with Crippen molar-refractivity contribution in [3.63, 3.8) is 0 Å².